The summed E-state index contributed by atoms with van der Waals surface area (Å²) >= 11 is 0. The van der Waals surface area contributed by atoms with Crippen LogP contribution in [0.2, 0.25) is 0 Å². The molecule has 0 unspecified atom stereocenters. The van der Waals surface area contributed by atoms with Crippen LogP contribution in [0.15, 0.2) is 47.8 Å². The van der Waals surface area contributed by atoms with E-state index in [9.17, 15) is 4.79 Å². The molecule has 4 rings (SSSR count). The number of rotatable bonds is 8. The number of nitrogens with two attached hydrogens (primary N) is 2. The van der Waals surface area contributed by atoms with Crippen LogP contribution in [0.25, 0.3) is 22.6 Å². The van der Waals surface area contributed by atoms with Crippen molar-refractivity contribution >= 4 is 23.1 Å². The third-order valence-electron chi connectivity index (χ3n) is 5.35. The number of H-pyrrole nitrogens is 2. The monoisotopic (exact) mass is 484 g/mol. The van der Waals surface area contributed by atoms with Crippen LogP contribution in [0.3, 0.4) is 0 Å². The number of fused-ring (bicyclic) bond motifs is 1. The molecule has 1 aromatic carbocycles. The van der Waals surface area contributed by atoms with Gasteiger partial charge in [-0.25, -0.2) is 4.98 Å². The van der Waals surface area contributed by atoms with Gasteiger partial charge in [0.1, 0.15) is 5.69 Å². The number of carbonyl (C=O) groups excluding carboxylic acids is 1. The largest absolute Gasteiger partial charge is 0.483 e. The lowest BCUT2D eigenvalue weighted by Crippen LogP contribution is -2.35. The molecule has 12 heteroatoms. The van der Waals surface area contributed by atoms with E-state index in [2.05, 4.69) is 42.5 Å². The zero-order chi connectivity index (χ0) is 25.2. The maximum absolute atomic E-state index is 10.7. The molecule has 0 atom stereocenters. The molecular weight excluding hydrogens is 452 g/mol. The van der Waals surface area contributed by atoms with Gasteiger partial charge < -0.3 is 36.0 Å². The highest BCUT2D eigenvalue weighted by Gasteiger charge is 2.14. The minimum Gasteiger partial charge on any atom is -0.483 e. The van der Waals surface area contributed by atoms with Crippen LogP contribution in [0.1, 0.15) is 12.5 Å². The van der Waals surface area contributed by atoms with Gasteiger partial charge in [0.2, 0.25) is 6.41 Å². The van der Waals surface area contributed by atoms with E-state index in [0.29, 0.717) is 35.4 Å². The van der Waals surface area contributed by atoms with Crippen molar-refractivity contribution in [2.75, 3.05) is 45.8 Å². The number of hydrogen-bond donors (Lipinski definition) is 5. The summed E-state index contributed by atoms with van der Waals surface area (Å²) in [5, 5.41) is 9.43. The Hall–Kier alpha value is -4.03. The smallest absolute Gasteiger partial charge is 0.211 e. The lowest BCUT2D eigenvalue weighted by molar-refractivity contribution is -0.105. The Morgan fingerprint density at radius 2 is 2.03 bits per heavy atom. The van der Waals surface area contributed by atoms with E-state index in [-0.39, 0.29) is 0 Å². The maximum atomic E-state index is 10.7. The first-order valence-electron chi connectivity index (χ1n) is 11.0. The molecular formula is C23H32N8O4. The summed E-state index contributed by atoms with van der Waals surface area (Å²) < 4.78 is 14.9. The van der Waals surface area contributed by atoms with E-state index in [0.717, 1.165) is 49.5 Å². The van der Waals surface area contributed by atoms with Crippen molar-refractivity contribution in [3.8, 4) is 11.5 Å². The van der Waals surface area contributed by atoms with Gasteiger partial charge in [-0.15, -0.1) is 0 Å². The van der Waals surface area contributed by atoms with Crippen LogP contribution in [0.4, 0.5) is 5.69 Å². The van der Waals surface area contributed by atoms with Gasteiger partial charge in [-0.3, -0.25) is 14.8 Å². The predicted molar refractivity (Wildman–Crippen MR) is 133 cm³/mol. The van der Waals surface area contributed by atoms with Gasteiger partial charge in [-0.2, -0.15) is 5.10 Å². The van der Waals surface area contributed by atoms with Gasteiger partial charge in [0.15, 0.2) is 17.6 Å². The molecule has 0 spiro atoms. The number of methoxy groups -OCH3 is 2. The Labute approximate surface area is 203 Å². The summed E-state index contributed by atoms with van der Waals surface area (Å²) in [5.74, 6) is 1.29. The van der Waals surface area contributed by atoms with E-state index >= 15 is 0 Å². The summed E-state index contributed by atoms with van der Waals surface area (Å²) in [4.78, 5) is 20.9. The second-order valence-electron chi connectivity index (χ2n) is 7.75. The van der Waals surface area contributed by atoms with Crippen LogP contribution in [-0.4, -0.2) is 72.0 Å². The highest BCUT2D eigenvalue weighted by molar-refractivity contribution is 5.85. The summed E-state index contributed by atoms with van der Waals surface area (Å²) in [7, 11) is 2.98. The first-order valence-corrected chi connectivity index (χ1v) is 11.0. The van der Waals surface area contributed by atoms with E-state index in [1.165, 1.54) is 19.8 Å². The molecule has 1 aliphatic heterocycles. The van der Waals surface area contributed by atoms with Crippen LogP contribution in [0, 0.1) is 0 Å². The van der Waals surface area contributed by atoms with Gasteiger partial charge >= 0.3 is 0 Å². The van der Waals surface area contributed by atoms with E-state index in [1.54, 1.807) is 19.2 Å². The van der Waals surface area contributed by atoms with Gasteiger partial charge in [0, 0.05) is 31.3 Å². The number of carbonyl (C=O) groups is 1. The maximum Gasteiger partial charge on any atom is 0.211 e. The molecule has 1 fully saturated rings. The van der Waals surface area contributed by atoms with Crippen molar-refractivity contribution in [2.24, 2.45) is 11.5 Å². The quantitative estimate of drug-likeness (QED) is 0.181. The number of amides is 1. The molecule has 1 aliphatic rings. The van der Waals surface area contributed by atoms with E-state index in [4.69, 9.17) is 25.7 Å². The van der Waals surface area contributed by atoms with Crippen molar-refractivity contribution in [2.45, 2.75) is 13.5 Å². The lowest BCUT2D eigenvalue weighted by Gasteiger charge is -2.26. The highest BCUT2D eigenvalue weighted by Crippen LogP contribution is 2.25. The van der Waals surface area contributed by atoms with E-state index < -0.39 is 0 Å². The van der Waals surface area contributed by atoms with E-state index in [1.807, 2.05) is 6.07 Å². The third kappa shape index (κ3) is 6.98. The number of nitrogens with one attached hydrogen (secondary N) is 3. The number of allylic oxidation sites excluding steroid dienone is 2. The molecule has 2 aromatic heterocycles. The molecule has 0 aliphatic carbocycles. The molecule has 0 bridgehead atoms. The Bertz CT molecular complexity index is 1180. The Balaban J connectivity index is 0.000000266. The van der Waals surface area contributed by atoms with Crippen molar-refractivity contribution < 1.29 is 19.0 Å². The predicted octanol–water partition coefficient (Wildman–Crippen LogP) is 1.62. The molecule has 35 heavy (non-hydrogen) atoms. The average Bonchev–Trinajstić information content (AvgIpc) is 3.51. The number of aromatic amines is 2. The number of morpholine rings is 1. The molecule has 0 radical (unpaired) electrons. The van der Waals surface area contributed by atoms with Crippen LogP contribution in [0.5, 0.6) is 0 Å². The minimum absolute atomic E-state index is 0.308. The number of benzene rings is 1. The fourth-order valence-corrected chi connectivity index (χ4v) is 3.44. The van der Waals surface area contributed by atoms with Crippen molar-refractivity contribution in [1.29, 1.82) is 0 Å². The number of anilines is 1. The average molecular weight is 485 g/mol. The summed E-state index contributed by atoms with van der Waals surface area (Å²) in [6, 6.07) is 6.22. The number of aromatic nitrogens is 4. The van der Waals surface area contributed by atoms with Crippen LogP contribution < -0.4 is 16.8 Å². The van der Waals surface area contributed by atoms with Gasteiger partial charge in [-0.1, -0.05) is 6.07 Å². The number of hydrogen-bond acceptors (Lipinski definition) is 9. The molecule has 3 aromatic rings. The van der Waals surface area contributed by atoms with Gasteiger partial charge in [0.05, 0.1) is 50.4 Å². The number of nitrogens with zero attached hydrogens (tertiary/aromatic N) is 3. The minimum atomic E-state index is 0.308. The Morgan fingerprint density at radius 3 is 2.71 bits per heavy atom. The highest BCUT2D eigenvalue weighted by atomic mass is 16.5. The molecule has 1 amide bonds. The number of ether oxygens (including phenoxy) is 3. The fourth-order valence-electron chi connectivity index (χ4n) is 3.44. The van der Waals surface area contributed by atoms with Gasteiger partial charge in [-0.05, 0) is 24.6 Å². The topological polar surface area (TPSA) is 169 Å². The first kappa shape index (κ1) is 25.6. The first-order chi connectivity index (χ1) is 16.9. The molecule has 7 N–H and O–H groups in total. The van der Waals surface area contributed by atoms with Crippen LogP contribution in [-0.2, 0) is 25.5 Å². The van der Waals surface area contributed by atoms with Gasteiger partial charge in [0.25, 0.3) is 0 Å². The molecule has 1 saturated heterocycles. The SMILES string of the molecule is CO/C(N)=C/C(C)=C(\N)OC.O=CNc1cn[nH]c1-c1nc2ccc(CN3CCOCC3)cc2[nH]1. The second kappa shape index (κ2) is 12.4. The second-order valence-corrected chi connectivity index (χ2v) is 7.75. The molecule has 188 valence electrons. The van der Waals surface area contributed by atoms with Crippen LogP contribution >= 0.6 is 0 Å². The standard InChI is InChI=1S/C16H18N6O2.C7H14N2O2/c23-10-17-14-8-18-21-15(14)16-19-12-2-1-11(7-13(12)20-16)9-22-3-5-24-6-4-22;1-5(7(9)11-3)4-6(8)10-2/h1-2,7-8,10H,3-6,9H2,(H,17,23)(H,18,21)(H,19,20);4H,8-9H2,1-3H3/b;6-4+,7-5+. The molecule has 12 nitrogen and oxygen atoms in total. The molecule has 3 heterocycles. The van der Waals surface area contributed by atoms with Crippen molar-refractivity contribution in [3.05, 3.63) is 53.4 Å². The summed E-state index contributed by atoms with van der Waals surface area (Å²) in [6.45, 7) is 6.19. The Kier molecular flexibility index (Phi) is 9.09. The zero-order valence-corrected chi connectivity index (χ0v) is 20.1. The van der Waals surface area contributed by atoms with Crippen molar-refractivity contribution in [3.63, 3.8) is 0 Å². The Morgan fingerprint density at radius 1 is 1.26 bits per heavy atom. The fraction of sp³-hybridized carbons (Fsp3) is 0.348. The normalized spacial score (nSPS) is 15.1. The third-order valence-corrected chi connectivity index (χ3v) is 5.35. The number of imidazole rings is 1. The summed E-state index contributed by atoms with van der Waals surface area (Å²) in [5.41, 5.74) is 15.8. The molecule has 0 saturated carbocycles. The summed E-state index contributed by atoms with van der Waals surface area (Å²) in [6.07, 6.45) is 3.77. The van der Waals surface area contributed by atoms with Crippen molar-refractivity contribution in [1.82, 2.24) is 25.1 Å². The lowest BCUT2D eigenvalue weighted by atomic mass is 10.2. The zero-order valence-electron chi connectivity index (χ0n) is 20.1.